The van der Waals surface area contributed by atoms with Gasteiger partial charge in [0.1, 0.15) is 10.8 Å². The second kappa shape index (κ2) is 5.93. The van der Waals surface area contributed by atoms with Gasteiger partial charge in [-0.2, -0.15) is 0 Å². The molecule has 0 aliphatic rings. The Hall–Kier alpha value is -1.75. The molecule has 0 saturated carbocycles. The Bertz CT molecular complexity index is 553. The van der Waals surface area contributed by atoms with Gasteiger partial charge >= 0.3 is 0 Å². The lowest BCUT2D eigenvalue weighted by Gasteiger charge is -2.16. The van der Waals surface area contributed by atoms with Gasteiger partial charge in [-0.3, -0.25) is 0 Å². The summed E-state index contributed by atoms with van der Waals surface area (Å²) in [5, 5.41) is 4.45. The number of nitrogen functional groups attached to an aromatic ring is 1. The molecule has 102 valence electrons. The fourth-order valence-corrected chi connectivity index (χ4v) is 2.69. The average Bonchev–Trinajstić information content (AvgIpc) is 2.90. The average molecular weight is 277 g/mol. The molecule has 0 spiro atoms. The Morgan fingerprint density at radius 2 is 2.26 bits per heavy atom. The van der Waals surface area contributed by atoms with Crippen LogP contribution in [-0.4, -0.2) is 12.1 Å². The molecule has 1 unspecified atom stereocenters. The van der Waals surface area contributed by atoms with Gasteiger partial charge in [0, 0.05) is 11.1 Å². The Kier molecular flexibility index (Phi) is 4.27. The van der Waals surface area contributed by atoms with Crippen LogP contribution in [0.3, 0.4) is 0 Å². The molecular weight excluding hydrogens is 258 g/mol. The minimum absolute atomic E-state index is 0.125. The van der Waals surface area contributed by atoms with E-state index in [4.69, 9.17) is 10.5 Å². The van der Waals surface area contributed by atoms with Crippen LogP contribution in [0.15, 0.2) is 24.4 Å². The number of rotatable bonds is 5. The highest BCUT2D eigenvalue weighted by Gasteiger charge is 2.12. The second-order valence-electron chi connectivity index (χ2n) is 4.31. The number of ether oxygens (including phenoxy) is 1. The highest BCUT2D eigenvalue weighted by atomic mass is 32.1. The van der Waals surface area contributed by atoms with Crippen molar-refractivity contribution in [3.8, 4) is 5.75 Å². The lowest BCUT2D eigenvalue weighted by Crippen LogP contribution is -2.08. The highest BCUT2D eigenvalue weighted by molar-refractivity contribution is 7.11. The van der Waals surface area contributed by atoms with Gasteiger partial charge in [-0.1, -0.05) is 13.0 Å². The smallest absolute Gasteiger partial charge is 0.143 e. The summed E-state index contributed by atoms with van der Waals surface area (Å²) < 4.78 is 5.22. The van der Waals surface area contributed by atoms with Crippen molar-refractivity contribution in [2.45, 2.75) is 26.3 Å². The van der Waals surface area contributed by atoms with Crippen LogP contribution in [0.2, 0.25) is 0 Å². The SMILES string of the molecule is CCc1cnc(C(C)Nc2cccc(OC)c2N)s1. The van der Waals surface area contributed by atoms with Gasteiger partial charge < -0.3 is 15.8 Å². The first-order chi connectivity index (χ1) is 9.15. The van der Waals surface area contributed by atoms with Crippen molar-refractivity contribution in [3.63, 3.8) is 0 Å². The molecule has 0 aliphatic carbocycles. The zero-order chi connectivity index (χ0) is 13.8. The maximum absolute atomic E-state index is 6.05. The van der Waals surface area contributed by atoms with Gasteiger partial charge in [-0.25, -0.2) is 4.98 Å². The van der Waals surface area contributed by atoms with Crippen molar-refractivity contribution in [1.29, 1.82) is 0 Å². The van der Waals surface area contributed by atoms with Gasteiger partial charge in [-0.15, -0.1) is 11.3 Å². The van der Waals surface area contributed by atoms with Crippen LogP contribution in [0.1, 0.15) is 29.8 Å². The van der Waals surface area contributed by atoms with Crippen LogP contribution >= 0.6 is 11.3 Å². The standard InChI is InChI=1S/C14H19N3OS/c1-4-10-8-16-14(19-10)9(2)17-11-6-5-7-12(18-3)13(11)15/h5-9,17H,4,15H2,1-3H3. The lowest BCUT2D eigenvalue weighted by atomic mass is 10.2. The second-order valence-corrected chi connectivity index (χ2v) is 5.45. The van der Waals surface area contributed by atoms with Crippen molar-refractivity contribution in [3.05, 3.63) is 34.3 Å². The fraction of sp³-hybridized carbons (Fsp3) is 0.357. The van der Waals surface area contributed by atoms with E-state index in [1.54, 1.807) is 18.4 Å². The fourth-order valence-electron chi connectivity index (χ4n) is 1.83. The predicted octanol–water partition coefficient (Wildman–Crippen LogP) is 3.47. The number of aromatic nitrogens is 1. The van der Waals surface area contributed by atoms with Crippen LogP contribution < -0.4 is 15.8 Å². The normalized spacial score (nSPS) is 12.2. The van der Waals surface area contributed by atoms with Gasteiger partial charge in [0.15, 0.2) is 0 Å². The molecule has 0 aliphatic heterocycles. The third kappa shape index (κ3) is 2.98. The molecule has 0 amide bonds. The monoisotopic (exact) mass is 277 g/mol. The van der Waals surface area contributed by atoms with E-state index in [-0.39, 0.29) is 6.04 Å². The van der Waals surface area contributed by atoms with Gasteiger partial charge in [0.2, 0.25) is 0 Å². The molecule has 2 rings (SSSR count). The molecule has 1 atom stereocenters. The number of nitrogens with one attached hydrogen (secondary N) is 1. The lowest BCUT2D eigenvalue weighted by molar-refractivity contribution is 0.417. The molecular formula is C14H19N3OS. The number of thiazole rings is 1. The van der Waals surface area contributed by atoms with E-state index < -0.39 is 0 Å². The van der Waals surface area contributed by atoms with E-state index in [1.165, 1.54) is 4.88 Å². The van der Waals surface area contributed by atoms with Gasteiger partial charge in [0.05, 0.1) is 24.5 Å². The number of hydrogen-bond acceptors (Lipinski definition) is 5. The topological polar surface area (TPSA) is 60.2 Å². The molecule has 4 nitrogen and oxygen atoms in total. The summed E-state index contributed by atoms with van der Waals surface area (Å²) in [4.78, 5) is 5.73. The Morgan fingerprint density at radius 1 is 1.47 bits per heavy atom. The van der Waals surface area contributed by atoms with Crippen LogP contribution in [0.4, 0.5) is 11.4 Å². The number of nitrogens with two attached hydrogens (primary N) is 1. The number of nitrogens with zero attached hydrogens (tertiary/aromatic N) is 1. The van der Waals surface area contributed by atoms with E-state index in [2.05, 4.69) is 24.1 Å². The highest BCUT2D eigenvalue weighted by Crippen LogP contribution is 2.32. The van der Waals surface area contributed by atoms with Crippen LogP contribution in [0, 0.1) is 0 Å². The Labute approximate surface area is 117 Å². The van der Waals surface area contributed by atoms with Crippen molar-refractivity contribution < 1.29 is 4.74 Å². The van der Waals surface area contributed by atoms with E-state index >= 15 is 0 Å². The number of hydrogen-bond donors (Lipinski definition) is 2. The zero-order valence-electron chi connectivity index (χ0n) is 11.4. The molecule has 5 heteroatoms. The first kappa shape index (κ1) is 13.7. The number of benzene rings is 1. The van der Waals surface area contributed by atoms with E-state index in [0.29, 0.717) is 11.4 Å². The molecule has 3 N–H and O–H groups in total. The summed E-state index contributed by atoms with van der Waals surface area (Å²) in [6, 6.07) is 5.84. The molecule has 0 bridgehead atoms. The molecule has 1 aromatic carbocycles. The Morgan fingerprint density at radius 3 is 2.89 bits per heavy atom. The molecule has 19 heavy (non-hydrogen) atoms. The summed E-state index contributed by atoms with van der Waals surface area (Å²) >= 11 is 1.73. The summed E-state index contributed by atoms with van der Waals surface area (Å²) in [5.41, 5.74) is 7.55. The van der Waals surface area contributed by atoms with Crippen LogP contribution in [0.25, 0.3) is 0 Å². The van der Waals surface area contributed by atoms with Gasteiger partial charge in [0.25, 0.3) is 0 Å². The number of aryl methyl sites for hydroxylation is 1. The summed E-state index contributed by atoms with van der Waals surface area (Å²) in [6.07, 6.45) is 2.96. The van der Waals surface area contributed by atoms with Gasteiger partial charge in [-0.05, 0) is 25.5 Å². The van der Waals surface area contributed by atoms with Crippen molar-refractivity contribution in [1.82, 2.24) is 4.98 Å². The Balaban J connectivity index is 2.16. The van der Waals surface area contributed by atoms with Crippen molar-refractivity contribution in [2.24, 2.45) is 0 Å². The van der Waals surface area contributed by atoms with Crippen molar-refractivity contribution >= 4 is 22.7 Å². The van der Waals surface area contributed by atoms with E-state index in [0.717, 1.165) is 17.1 Å². The first-order valence-corrected chi connectivity index (χ1v) is 7.11. The predicted molar refractivity (Wildman–Crippen MR) is 80.9 cm³/mol. The van der Waals surface area contributed by atoms with Crippen LogP contribution in [-0.2, 0) is 6.42 Å². The maximum atomic E-state index is 6.05. The molecule has 0 fully saturated rings. The summed E-state index contributed by atoms with van der Waals surface area (Å²) in [6.45, 7) is 4.21. The molecule has 0 radical (unpaired) electrons. The molecule has 0 saturated heterocycles. The summed E-state index contributed by atoms with van der Waals surface area (Å²) in [7, 11) is 1.62. The summed E-state index contributed by atoms with van der Waals surface area (Å²) in [5.74, 6) is 0.686. The molecule has 2 aromatic rings. The minimum Gasteiger partial charge on any atom is -0.495 e. The first-order valence-electron chi connectivity index (χ1n) is 6.29. The maximum Gasteiger partial charge on any atom is 0.143 e. The van der Waals surface area contributed by atoms with E-state index in [1.807, 2.05) is 24.4 Å². The third-order valence-corrected chi connectivity index (χ3v) is 4.27. The third-order valence-electron chi connectivity index (χ3n) is 2.95. The number of anilines is 2. The number of methoxy groups -OCH3 is 1. The largest absolute Gasteiger partial charge is 0.495 e. The minimum atomic E-state index is 0.125. The van der Waals surface area contributed by atoms with Crippen LogP contribution in [0.5, 0.6) is 5.75 Å². The molecule has 1 heterocycles. The van der Waals surface area contributed by atoms with E-state index in [9.17, 15) is 0 Å². The van der Waals surface area contributed by atoms with Crippen molar-refractivity contribution in [2.75, 3.05) is 18.2 Å². The molecule has 1 aromatic heterocycles. The quantitative estimate of drug-likeness (QED) is 0.822. The zero-order valence-corrected chi connectivity index (χ0v) is 12.3. The number of para-hydroxylation sites is 1.